The van der Waals surface area contributed by atoms with E-state index in [4.69, 9.17) is 0 Å². The molecular formula is C20H19F3N2O. The van der Waals surface area contributed by atoms with Gasteiger partial charge < -0.3 is 4.90 Å². The highest BCUT2D eigenvalue weighted by atomic mass is 19.4. The van der Waals surface area contributed by atoms with Crippen LogP contribution in [0.5, 0.6) is 0 Å². The maximum atomic E-state index is 12.9. The third kappa shape index (κ3) is 3.21. The predicted octanol–water partition coefficient (Wildman–Crippen LogP) is 3.59. The van der Waals surface area contributed by atoms with Crippen molar-refractivity contribution in [1.82, 2.24) is 9.80 Å². The summed E-state index contributed by atoms with van der Waals surface area (Å²) in [6.45, 7) is 2.83. The summed E-state index contributed by atoms with van der Waals surface area (Å²) >= 11 is 0. The fourth-order valence-corrected chi connectivity index (χ4v) is 3.89. The zero-order chi connectivity index (χ0) is 18.3. The first-order valence-electron chi connectivity index (χ1n) is 8.69. The Balaban J connectivity index is 1.53. The van der Waals surface area contributed by atoms with E-state index < -0.39 is 11.7 Å². The van der Waals surface area contributed by atoms with Gasteiger partial charge in [0.25, 0.3) is 5.91 Å². The molecule has 0 unspecified atom stereocenters. The second-order valence-corrected chi connectivity index (χ2v) is 6.95. The molecule has 1 fully saturated rings. The molecule has 0 radical (unpaired) electrons. The minimum absolute atomic E-state index is 0.0178. The smallest absolute Gasteiger partial charge is 0.333 e. The summed E-state index contributed by atoms with van der Waals surface area (Å²) < 4.78 is 38.8. The lowest BCUT2D eigenvalue weighted by Gasteiger charge is -2.44. The lowest BCUT2D eigenvalue weighted by Crippen LogP contribution is -2.57. The zero-order valence-corrected chi connectivity index (χ0v) is 14.2. The Morgan fingerprint density at radius 1 is 1.04 bits per heavy atom. The Bertz CT molecular complexity index is 820. The van der Waals surface area contributed by atoms with E-state index in [2.05, 4.69) is 17.0 Å². The fraction of sp³-hybridized carbons (Fsp3) is 0.350. The number of fused-ring (bicyclic) bond motifs is 2. The average Bonchev–Trinajstić information content (AvgIpc) is 2.61. The highest BCUT2D eigenvalue weighted by Gasteiger charge is 2.38. The normalized spacial score (nSPS) is 20.7. The maximum absolute atomic E-state index is 12.9. The van der Waals surface area contributed by atoms with Crippen LogP contribution in [0.15, 0.2) is 48.5 Å². The molecule has 4 rings (SSSR count). The molecule has 3 nitrogen and oxygen atoms in total. The first kappa shape index (κ1) is 17.1. The van der Waals surface area contributed by atoms with Gasteiger partial charge in [0, 0.05) is 37.8 Å². The number of amides is 1. The number of carbonyl (C=O) groups excluding carboxylic acids is 1. The molecule has 0 spiro atoms. The van der Waals surface area contributed by atoms with Crippen LogP contribution in [0.3, 0.4) is 0 Å². The lowest BCUT2D eigenvalue weighted by atomic mass is 9.90. The molecule has 0 N–H and O–H groups in total. The maximum Gasteiger partial charge on any atom is 0.416 e. The average molecular weight is 360 g/mol. The first-order valence-corrected chi connectivity index (χ1v) is 8.69. The van der Waals surface area contributed by atoms with Crippen molar-refractivity contribution in [2.75, 3.05) is 19.6 Å². The fourth-order valence-electron chi connectivity index (χ4n) is 3.89. The number of benzene rings is 2. The number of hydrogen-bond donors (Lipinski definition) is 0. The molecule has 2 aromatic carbocycles. The Labute approximate surface area is 150 Å². The quantitative estimate of drug-likeness (QED) is 0.817. The van der Waals surface area contributed by atoms with Gasteiger partial charge in [-0.1, -0.05) is 36.4 Å². The van der Waals surface area contributed by atoms with Gasteiger partial charge in [-0.2, -0.15) is 13.2 Å². The molecule has 2 aliphatic rings. The number of alkyl halides is 3. The second-order valence-electron chi connectivity index (χ2n) is 6.95. The number of nitrogens with zero attached hydrogens (tertiary/aromatic N) is 2. The molecule has 0 saturated carbocycles. The third-order valence-electron chi connectivity index (χ3n) is 5.20. The Hall–Kier alpha value is -2.34. The molecule has 1 amide bonds. The van der Waals surface area contributed by atoms with Gasteiger partial charge >= 0.3 is 6.18 Å². The van der Waals surface area contributed by atoms with E-state index in [1.807, 2.05) is 18.2 Å². The van der Waals surface area contributed by atoms with Crippen molar-refractivity contribution in [3.05, 3.63) is 70.8 Å². The van der Waals surface area contributed by atoms with Crippen LogP contribution in [0.1, 0.15) is 27.0 Å². The highest BCUT2D eigenvalue weighted by molar-refractivity contribution is 5.97. The zero-order valence-electron chi connectivity index (χ0n) is 14.2. The van der Waals surface area contributed by atoms with Crippen LogP contribution in [0.4, 0.5) is 13.2 Å². The largest absolute Gasteiger partial charge is 0.416 e. The summed E-state index contributed by atoms with van der Waals surface area (Å²) in [6.07, 6.45) is -3.83. The van der Waals surface area contributed by atoms with Gasteiger partial charge in [0.05, 0.1) is 5.56 Å². The summed E-state index contributed by atoms with van der Waals surface area (Å²) in [5.74, 6) is -0.276. The van der Waals surface area contributed by atoms with Crippen LogP contribution in [-0.2, 0) is 19.1 Å². The minimum Gasteiger partial charge on any atom is -0.333 e. The molecule has 2 heterocycles. The number of rotatable bonds is 2. The van der Waals surface area contributed by atoms with Gasteiger partial charge in [-0.05, 0) is 29.7 Å². The minimum atomic E-state index is -4.43. The topological polar surface area (TPSA) is 23.6 Å². The summed E-state index contributed by atoms with van der Waals surface area (Å²) in [6, 6.07) is 13.7. The molecule has 6 heteroatoms. The van der Waals surface area contributed by atoms with E-state index >= 15 is 0 Å². The van der Waals surface area contributed by atoms with Crippen molar-refractivity contribution in [3.63, 3.8) is 0 Å². The van der Waals surface area contributed by atoms with E-state index in [0.29, 0.717) is 18.5 Å². The number of hydrogen-bond acceptors (Lipinski definition) is 2. The third-order valence-corrected chi connectivity index (χ3v) is 5.20. The molecular weight excluding hydrogens is 341 g/mol. The van der Waals surface area contributed by atoms with E-state index in [-0.39, 0.29) is 17.5 Å². The van der Waals surface area contributed by atoms with Crippen molar-refractivity contribution in [1.29, 1.82) is 0 Å². The van der Waals surface area contributed by atoms with Crippen LogP contribution in [0, 0.1) is 0 Å². The van der Waals surface area contributed by atoms with Gasteiger partial charge in [-0.25, -0.2) is 0 Å². The molecule has 136 valence electrons. The van der Waals surface area contributed by atoms with Crippen molar-refractivity contribution in [2.24, 2.45) is 0 Å². The van der Waals surface area contributed by atoms with Crippen molar-refractivity contribution >= 4 is 5.91 Å². The van der Waals surface area contributed by atoms with Gasteiger partial charge in [0.15, 0.2) is 0 Å². The summed E-state index contributed by atoms with van der Waals surface area (Å²) in [5.41, 5.74) is 1.38. The Morgan fingerprint density at radius 3 is 2.54 bits per heavy atom. The summed E-state index contributed by atoms with van der Waals surface area (Å²) in [5, 5.41) is 0. The molecule has 1 saturated heterocycles. The number of carbonyl (C=O) groups is 1. The van der Waals surface area contributed by atoms with Crippen molar-refractivity contribution in [3.8, 4) is 0 Å². The van der Waals surface area contributed by atoms with Gasteiger partial charge in [-0.15, -0.1) is 0 Å². The van der Waals surface area contributed by atoms with E-state index in [1.165, 1.54) is 11.6 Å². The Morgan fingerprint density at radius 2 is 1.81 bits per heavy atom. The van der Waals surface area contributed by atoms with Gasteiger partial charge in [0.1, 0.15) is 0 Å². The van der Waals surface area contributed by atoms with Crippen LogP contribution >= 0.6 is 0 Å². The molecule has 0 aromatic heterocycles. The van der Waals surface area contributed by atoms with Crippen LogP contribution in [-0.4, -0.2) is 41.4 Å². The monoisotopic (exact) mass is 360 g/mol. The molecule has 1 atom stereocenters. The van der Waals surface area contributed by atoms with Gasteiger partial charge in [0.2, 0.25) is 0 Å². The summed E-state index contributed by atoms with van der Waals surface area (Å²) in [7, 11) is 0. The molecule has 26 heavy (non-hydrogen) atoms. The highest BCUT2D eigenvalue weighted by Crippen LogP contribution is 2.33. The Kier molecular flexibility index (Phi) is 4.23. The van der Waals surface area contributed by atoms with Crippen LogP contribution < -0.4 is 0 Å². The molecule has 2 aromatic rings. The van der Waals surface area contributed by atoms with Crippen LogP contribution in [0.2, 0.25) is 0 Å². The van der Waals surface area contributed by atoms with Crippen molar-refractivity contribution in [2.45, 2.75) is 25.2 Å². The molecule has 0 bridgehead atoms. The number of halogens is 3. The first-order chi connectivity index (χ1) is 12.4. The van der Waals surface area contributed by atoms with E-state index in [0.717, 1.165) is 31.8 Å². The SMILES string of the molecule is O=C1c2cc(C(F)(F)F)ccc2C[C@@H]2CN(Cc3ccccc3)CCN12. The second kappa shape index (κ2) is 6.43. The van der Waals surface area contributed by atoms with Crippen LogP contribution in [0.25, 0.3) is 0 Å². The standard InChI is InChI=1S/C20H19F3N2O/c21-20(22,23)16-7-6-15-10-17-13-24(12-14-4-2-1-3-5-14)8-9-25(17)19(26)18(15)11-16/h1-7,11,17H,8-10,12-13H2/t17-/m1/s1. The summed E-state index contributed by atoms with van der Waals surface area (Å²) in [4.78, 5) is 16.8. The lowest BCUT2D eigenvalue weighted by molar-refractivity contribution is -0.137. The predicted molar refractivity (Wildman–Crippen MR) is 91.7 cm³/mol. The van der Waals surface area contributed by atoms with Gasteiger partial charge in [-0.3, -0.25) is 9.69 Å². The van der Waals surface area contributed by atoms with Crippen molar-refractivity contribution < 1.29 is 18.0 Å². The molecule has 2 aliphatic heterocycles. The number of piperazine rings is 1. The van der Waals surface area contributed by atoms with E-state index in [1.54, 1.807) is 4.90 Å². The van der Waals surface area contributed by atoms with E-state index in [9.17, 15) is 18.0 Å². The molecule has 0 aliphatic carbocycles.